The second-order valence-corrected chi connectivity index (χ2v) is 10.4. The van der Waals surface area contributed by atoms with Gasteiger partial charge in [-0.1, -0.05) is 26.2 Å². The Labute approximate surface area is 198 Å². The molecule has 1 N–H and O–H groups in total. The fourth-order valence-electron chi connectivity index (χ4n) is 2.91. The van der Waals surface area contributed by atoms with Crippen molar-refractivity contribution in [1.29, 1.82) is 0 Å². The molecule has 2 aromatic rings. The Kier molecular flexibility index (Phi) is 10.4. The molecule has 0 aliphatic rings. The highest BCUT2D eigenvalue weighted by Gasteiger charge is 2.17. The number of carbonyl (C=O) groups excluding carboxylic acids is 3. The largest absolute Gasteiger partial charge is 0.444 e. The summed E-state index contributed by atoms with van der Waals surface area (Å²) in [6.07, 6.45) is 6.15. The summed E-state index contributed by atoms with van der Waals surface area (Å²) in [7, 11) is 0. The van der Waals surface area contributed by atoms with E-state index in [0.29, 0.717) is 41.4 Å². The number of amides is 1. The SMILES string of the molecule is CCC(=O)CCCCCCCC(=O)c1csc(-c2csc(CNC(=O)OC(C)(C)C)n2)n1. The maximum absolute atomic E-state index is 12.4. The van der Waals surface area contributed by atoms with E-state index in [2.05, 4.69) is 15.3 Å². The lowest BCUT2D eigenvalue weighted by Crippen LogP contribution is -2.32. The standard InChI is InChI=1S/C23H33N3O4S2/c1-5-16(27)11-9-7-6-8-10-12-19(28)17-14-32-21(26-17)18-15-31-20(25-18)13-24-22(29)30-23(2,3)4/h14-15H,5-13H2,1-4H3,(H,24,29). The number of nitrogens with one attached hydrogen (secondary N) is 1. The van der Waals surface area contributed by atoms with Gasteiger partial charge in [0.05, 0.1) is 6.54 Å². The van der Waals surface area contributed by atoms with Crippen LogP contribution in [0.15, 0.2) is 10.8 Å². The van der Waals surface area contributed by atoms with E-state index >= 15 is 0 Å². The van der Waals surface area contributed by atoms with Gasteiger partial charge in [0.2, 0.25) is 0 Å². The van der Waals surface area contributed by atoms with Crippen LogP contribution in [0.1, 0.15) is 94.6 Å². The fourth-order valence-corrected chi connectivity index (χ4v) is 4.49. The fraction of sp³-hybridized carbons (Fsp3) is 0.609. The number of thiazole rings is 2. The third-order valence-electron chi connectivity index (χ3n) is 4.60. The van der Waals surface area contributed by atoms with Crippen LogP contribution in [0.4, 0.5) is 4.79 Å². The molecule has 2 rings (SSSR count). The van der Waals surface area contributed by atoms with Gasteiger partial charge in [-0.3, -0.25) is 9.59 Å². The van der Waals surface area contributed by atoms with Gasteiger partial charge in [-0.25, -0.2) is 14.8 Å². The Morgan fingerprint density at radius 3 is 2.34 bits per heavy atom. The molecule has 0 bridgehead atoms. The van der Waals surface area contributed by atoms with Gasteiger partial charge in [-0.05, 0) is 33.6 Å². The number of alkyl carbamates (subject to hydrolysis) is 1. The van der Waals surface area contributed by atoms with Crippen molar-refractivity contribution in [1.82, 2.24) is 15.3 Å². The molecule has 176 valence electrons. The van der Waals surface area contributed by atoms with Crippen LogP contribution in [0.25, 0.3) is 10.7 Å². The second-order valence-electron chi connectivity index (χ2n) is 8.60. The molecule has 7 nitrogen and oxygen atoms in total. The van der Waals surface area contributed by atoms with Crippen LogP contribution in [0.3, 0.4) is 0 Å². The Bertz CT molecular complexity index is 899. The average Bonchev–Trinajstić information content (AvgIpc) is 3.39. The number of ketones is 2. The van der Waals surface area contributed by atoms with Crippen LogP contribution in [0.5, 0.6) is 0 Å². The molecule has 0 saturated heterocycles. The van der Waals surface area contributed by atoms with E-state index in [-0.39, 0.29) is 12.3 Å². The van der Waals surface area contributed by atoms with E-state index in [9.17, 15) is 14.4 Å². The predicted octanol–water partition coefficient (Wildman–Crippen LogP) is 6.18. The molecule has 1 amide bonds. The Morgan fingerprint density at radius 2 is 1.66 bits per heavy atom. The number of ether oxygens (including phenoxy) is 1. The zero-order chi connectivity index (χ0) is 23.6. The highest BCUT2D eigenvalue weighted by atomic mass is 32.1. The van der Waals surface area contributed by atoms with Gasteiger partial charge < -0.3 is 10.1 Å². The number of nitrogens with zero attached hydrogens (tertiary/aromatic N) is 2. The van der Waals surface area contributed by atoms with Gasteiger partial charge in [0, 0.05) is 30.0 Å². The van der Waals surface area contributed by atoms with Crippen LogP contribution in [-0.4, -0.2) is 33.2 Å². The van der Waals surface area contributed by atoms with Crippen molar-refractivity contribution in [2.45, 2.75) is 91.2 Å². The van der Waals surface area contributed by atoms with Crippen LogP contribution >= 0.6 is 22.7 Å². The molecule has 2 aromatic heterocycles. The van der Waals surface area contributed by atoms with Gasteiger partial charge in [0.15, 0.2) is 5.78 Å². The molecule has 32 heavy (non-hydrogen) atoms. The van der Waals surface area contributed by atoms with Crippen molar-refractivity contribution in [3.8, 4) is 10.7 Å². The summed E-state index contributed by atoms with van der Waals surface area (Å²) in [5.41, 5.74) is 0.651. The summed E-state index contributed by atoms with van der Waals surface area (Å²) in [6.45, 7) is 7.62. The van der Waals surface area contributed by atoms with E-state index in [1.165, 1.54) is 22.7 Å². The second kappa shape index (κ2) is 12.8. The first-order valence-corrected chi connectivity index (χ1v) is 12.9. The summed E-state index contributed by atoms with van der Waals surface area (Å²) in [5.74, 6) is 0.377. The lowest BCUT2D eigenvalue weighted by Gasteiger charge is -2.19. The van der Waals surface area contributed by atoms with E-state index < -0.39 is 11.7 Å². The molecule has 0 aliphatic carbocycles. The zero-order valence-electron chi connectivity index (χ0n) is 19.4. The molecule has 0 aliphatic heterocycles. The number of unbranched alkanes of at least 4 members (excludes halogenated alkanes) is 4. The number of hydrogen-bond acceptors (Lipinski definition) is 8. The van der Waals surface area contributed by atoms with E-state index in [1.807, 2.05) is 33.1 Å². The summed E-state index contributed by atoms with van der Waals surface area (Å²) in [4.78, 5) is 44.4. The highest BCUT2D eigenvalue weighted by molar-refractivity contribution is 7.14. The minimum Gasteiger partial charge on any atom is -0.444 e. The maximum atomic E-state index is 12.4. The van der Waals surface area contributed by atoms with Crippen molar-refractivity contribution in [3.05, 3.63) is 21.5 Å². The molecule has 2 heterocycles. The number of Topliss-reactive ketones (excluding diaryl/α,β-unsaturated/α-hetero) is 2. The van der Waals surface area contributed by atoms with E-state index in [4.69, 9.17) is 4.74 Å². The van der Waals surface area contributed by atoms with Gasteiger partial charge in [-0.2, -0.15) is 0 Å². The maximum Gasteiger partial charge on any atom is 0.408 e. The van der Waals surface area contributed by atoms with Crippen molar-refractivity contribution < 1.29 is 19.1 Å². The number of rotatable bonds is 13. The molecular formula is C23H33N3O4S2. The van der Waals surface area contributed by atoms with Gasteiger partial charge in [0.25, 0.3) is 0 Å². The molecule has 0 radical (unpaired) electrons. The summed E-state index contributed by atoms with van der Waals surface area (Å²) < 4.78 is 5.22. The van der Waals surface area contributed by atoms with E-state index in [1.54, 1.807) is 5.38 Å². The van der Waals surface area contributed by atoms with Crippen LogP contribution in [0, 0.1) is 0 Å². The van der Waals surface area contributed by atoms with Gasteiger partial charge >= 0.3 is 6.09 Å². The minimum absolute atomic E-state index is 0.0516. The summed E-state index contributed by atoms with van der Waals surface area (Å²) in [5, 5.41) is 7.80. The third kappa shape index (κ3) is 9.56. The highest BCUT2D eigenvalue weighted by Crippen LogP contribution is 2.26. The zero-order valence-corrected chi connectivity index (χ0v) is 21.0. The first-order chi connectivity index (χ1) is 15.2. The molecule has 0 spiro atoms. The molecule has 0 unspecified atom stereocenters. The Balaban J connectivity index is 1.73. The molecule has 0 aromatic carbocycles. The first-order valence-electron chi connectivity index (χ1n) is 11.1. The predicted molar refractivity (Wildman–Crippen MR) is 128 cm³/mol. The van der Waals surface area contributed by atoms with Crippen LogP contribution < -0.4 is 5.32 Å². The van der Waals surface area contributed by atoms with Gasteiger partial charge in [0.1, 0.15) is 32.8 Å². The monoisotopic (exact) mass is 479 g/mol. The van der Waals surface area contributed by atoms with Gasteiger partial charge in [-0.15, -0.1) is 22.7 Å². The molecule has 0 atom stereocenters. The number of aromatic nitrogens is 2. The quantitative estimate of drug-likeness (QED) is 0.272. The Hall–Kier alpha value is -2.13. The van der Waals surface area contributed by atoms with Crippen molar-refractivity contribution in [2.24, 2.45) is 0 Å². The summed E-state index contributed by atoms with van der Waals surface area (Å²) >= 11 is 2.83. The smallest absolute Gasteiger partial charge is 0.408 e. The van der Waals surface area contributed by atoms with Crippen molar-refractivity contribution in [2.75, 3.05) is 0 Å². The summed E-state index contributed by atoms with van der Waals surface area (Å²) in [6, 6.07) is 0. The third-order valence-corrected chi connectivity index (χ3v) is 6.31. The molecule has 9 heteroatoms. The first kappa shape index (κ1) is 26.1. The Morgan fingerprint density at radius 1 is 0.969 bits per heavy atom. The molecule has 0 fully saturated rings. The number of hydrogen-bond donors (Lipinski definition) is 1. The normalized spacial score (nSPS) is 11.4. The van der Waals surface area contributed by atoms with E-state index in [0.717, 1.165) is 37.1 Å². The molecular weight excluding hydrogens is 446 g/mol. The average molecular weight is 480 g/mol. The topological polar surface area (TPSA) is 98.2 Å². The lowest BCUT2D eigenvalue weighted by atomic mass is 10.1. The van der Waals surface area contributed by atoms with Crippen LogP contribution in [-0.2, 0) is 16.1 Å². The van der Waals surface area contributed by atoms with Crippen molar-refractivity contribution in [3.63, 3.8) is 0 Å². The van der Waals surface area contributed by atoms with Crippen LogP contribution in [0.2, 0.25) is 0 Å². The van der Waals surface area contributed by atoms with Crippen molar-refractivity contribution >= 4 is 40.3 Å². The number of carbonyl (C=O) groups is 3. The lowest BCUT2D eigenvalue weighted by molar-refractivity contribution is -0.118. The minimum atomic E-state index is -0.545. The molecule has 0 saturated carbocycles.